The molecule has 1 heterocycles. The predicted molar refractivity (Wildman–Crippen MR) is 71.2 cm³/mol. The Morgan fingerprint density at radius 3 is 2.94 bits per heavy atom. The fourth-order valence-electron chi connectivity index (χ4n) is 3.11. The average Bonchev–Trinajstić information content (AvgIpc) is 2.86. The molecule has 1 aliphatic rings. The average molecular weight is 226 g/mol. The number of hydrogen-bond donors (Lipinski definition) is 1. The van der Waals surface area contributed by atoms with Crippen molar-refractivity contribution >= 4 is 10.8 Å². The van der Waals surface area contributed by atoms with Crippen molar-refractivity contribution in [3.05, 3.63) is 42.2 Å². The molecule has 1 fully saturated rings. The molecule has 2 heteroatoms. The van der Waals surface area contributed by atoms with Gasteiger partial charge in [-0.1, -0.05) is 30.7 Å². The number of hydrogen-bond acceptors (Lipinski definition) is 2. The molecule has 3 rings (SSSR count). The summed E-state index contributed by atoms with van der Waals surface area (Å²) in [6.45, 7) is 0. The first-order valence-electron chi connectivity index (χ1n) is 6.40. The first kappa shape index (κ1) is 10.7. The first-order valence-corrected chi connectivity index (χ1v) is 6.40. The summed E-state index contributed by atoms with van der Waals surface area (Å²) >= 11 is 0. The van der Waals surface area contributed by atoms with Crippen LogP contribution in [0.4, 0.5) is 0 Å². The van der Waals surface area contributed by atoms with Gasteiger partial charge in [-0.3, -0.25) is 4.98 Å². The molecular formula is C15H18N2. The van der Waals surface area contributed by atoms with E-state index in [2.05, 4.69) is 47.8 Å². The monoisotopic (exact) mass is 226 g/mol. The predicted octanol–water partition coefficient (Wildman–Crippen LogP) is 3.09. The van der Waals surface area contributed by atoms with Crippen molar-refractivity contribution in [3.63, 3.8) is 0 Å². The normalized spacial score (nSPS) is 24.3. The second kappa shape index (κ2) is 4.46. The summed E-state index contributed by atoms with van der Waals surface area (Å²) in [6.07, 6.45) is 7.90. The Hall–Kier alpha value is -1.41. The lowest BCUT2D eigenvalue weighted by molar-refractivity contribution is 0.523. The molecule has 1 saturated carbocycles. The lowest BCUT2D eigenvalue weighted by atomic mass is 9.91. The Morgan fingerprint density at radius 2 is 2.06 bits per heavy atom. The Kier molecular flexibility index (Phi) is 2.81. The Bertz CT molecular complexity index is 516. The summed E-state index contributed by atoms with van der Waals surface area (Å²) in [5.74, 6) is 0.624. The number of aromatic nitrogens is 1. The van der Waals surface area contributed by atoms with E-state index in [-0.39, 0.29) is 0 Å². The standard InChI is InChI=1S/C15H18N2/c1-16-15-8-4-7-13(15)14-10-17-9-11-5-2-3-6-12(11)14/h2-3,5-6,9-10,13,15-16H,4,7-8H2,1H3. The SMILES string of the molecule is CNC1CCCC1c1cncc2ccccc12. The molecule has 2 aromatic rings. The number of nitrogens with zero attached hydrogens (tertiary/aromatic N) is 1. The molecule has 0 radical (unpaired) electrons. The molecule has 2 atom stereocenters. The highest BCUT2D eigenvalue weighted by molar-refractivity contribution is 5.85. The third kappa shape index (κ3) is 1.83. The van der Waals surface area contributed by atoms with Crippen LogP contribution in [0.2, 0.25) is 0 Å². The second-order valence-electron chi connectivity index (χ2n) is 4.88. The largest absolute Gasteiger partial charge is 0.316 e. The van der Waals surface area contributed by atoms with Crippen molar-refractivity contribution in [3.8, 4) is 0 Å². The zero-order chi connectivity index (χ0) is 11.7. The highest BCUT2D eigenvalue weighted by Crippen LogP contribution is 2.37. The van der Waals surface area contributed by atoms with Crippen LogP contribution in [0.3, 0.4) is 0 Å². The summed E-state index contributed by atoms with van der Waals surface area (Å²) < 4.78 is 0. The van der Waals surface area contributed by atoms with Crippen molar-refractivity contribution in [1.82, 2.24) is 10.3 Å². The minimum Gasteiger partial charge on any atom is -0.316 e. The lowest BCUT2D eigenvalue weighted by Crippen LogP contribution is -2.27. The number of pyridine rings is 1. The van der Waals surface area contributed by atoms with Crippen LogP contribution in [0.25, 0.3) is 10.8 Å². The number of benzene rings is 1. The molecule has 1 aromatic heterocycles. The van der Waals surface area contributed by atoms with Gasteiger partial charge in [-0.25, -0.2) is 0 Å². The van der Waals surface area contributed by atoms with Crippen molar-refractivity contribution in [2.75, 3.05) is 7.05 Å². The topological polar surface area (TPSA) is 24.9 Å². The molecular weight excluding hydrogens is 208 g/mol. The summed E-state index contributed by atoms with van der Waals surface area (Å²) in [7, 11) is 2.07. The van der Waals surface area contributed by atoms with Gasteiger partial charge in [0.15, 0.2) is 0 Å². The molecule has 2 nitrogen and oxygen atoms in total. The van der Waals surface area contributed by atoms with E-state index < -0.39 is 0 Å². The van der Waals surface area contributed by atoms with Crippen molar-refractivity contribution in [2.24, 2.45) is 0 Å². The molecule has 2 unspecified atom stereocenters. The smallest absolute Gasteiger partial charge is 0.0346 e. The van der Waals surface area contributed by atoms with Crippen LogP contribution in [0.5, 0.6) is 0 Å². The van der Waals surface area contributed by atoms with Crippen molar-refractivity contribution in [1.29, 1.82) is 0 Å². The van der Waals surface area contributed by atoms with E-state index in [0.717, 1.165) is 0 Å². The van der Waals surface area contributed by atoms with E-state index in [1.54, 1.807) is 0 Å². The molecule has 0 spiro atoms. The van der Waals surface area contributed by atoms with Gasteiger partial charge < -0.3 is 5.32 Å². The van der Waals surface area contributed by atoms with Crippen LogP contribution in [-0.4, -0.2) is 18.1 Å². The molecule has 0 bridgehead atoms. The van der Waals surface area contributed by atoms with E-state index >= 15 is 0 Å². The van der Waals surface area contributed by atoms with Gasteiger partial charge in [0.1, 0.15) is 0 Å². The highest BCUT2D eigenvalue weighted by atomic mass is 14.9. The van der Waals surface area contributed by atoms with Crippen LogP contribution in [0.1, 0.15) is 30.7 Å². The maximum atomic E-state index is 4.40. The quantitative estimate of drug-likeness (QED) is 0.851. The van der Waals surface area contributed by atoms with Crippen LogP contribution in [0.15, 0.2) is 36.7 Å². The van der Waals surface area contributed by atoms with E-state index in [4.69, 9.17) is 0 Å². The Morgan fingerprint density at radius 1 is 1.18 bits per heavy atom. The Balaban J connectivity index is 2.10. The molecule has 0 amide bonds. The van der Waals surface area contributed by atoms with E-state index in [0.29, 0.717) is 12.0 Å². The van der Waals surface area contributed by atoms with Crippen molar-refractivity contribution in [2.45, 2.75) is 31.2 Å². The number of nitrogens with one attached hydrogen (secondary N) is 1. The summed E-state index contributed by atoms with van der Waals surface area (Å²) in [5, 5.41) is 6.08. The summed E-state index contributed by atoms with van der Waals surface area (Å²) in [6, 6.07) is 9.18. The van der Waals surface area contributed by atoms with Crippen LogP contribution >= 0.6 is 0 Å². The fraction of sp³-hybridized carbons (Fsp3) is 0.400. The van der Waals surface area contributed by atoms with Gasteiger partial charge in [-0.15, -0.1) is 0 Å². The first-order chi connectivity index (χ1) is 8.40. The van der Waals surface area contributed by atoms with Crippen molar-refractivity contribution < 1.29 is 0 Å². The molecule has 1 aromatic carbocycles. The van der Waals surface area contributed by atoms with Gasteiger partial charge in [0.05, 0.1) is 0 Å². The van der Waals surface area contributed by atoms with Gasteiger partial charge in [0.25, 0.3) is 0 Å². The van der Waals surface area contributed by atoms with E-state index in [9.17, 15) is 0 Å². The lowest BCUT2D eigenvalue weighted by Gasteiger charge is -2.20. The van der Waals surface area contributed by atoms with Crippen LogP contribution in [0, 0.1) is 0 Å². The van der Waals surface area contributed by atoms with Gasteiger partial charge in [-0.05, 0) is 30.8 Å². The summed E-state index contributed by atoms with van der Waals surface area (Å²) in [4.78, 5) is 4.40. The maximum absolute atomic E-state index is 4.40. The molecule has 17 heavy (non-hydrogen) atoms. The van der Waals surface area contributed by atoms with Crippen LogP contribution in [-0.2, 0) is 0 Å². The molecule has 1 N–H and O–H groups in total. The molecule has 88 valence electrons. The zero-order valence-electron chi connectivity index (χ0n) is 10.2. The minimum absolute atomic E-state index is 0.614. The van der Waals surface area contributed by atoms with Gasteiger partial charge in [0.2, 0.25) is 0 Å². The minimum atomic E-state index is 0.614. The second-order valence-corrected chi connectivity index (χ2v) is 4.88. The summed E-state index contributed by atoms with van der Waals surface area (Å²) in [5.41, 5.74) is 1.42. The number of likely N-dealkylation sites (N-methyl/N-ethyl adjacent to an activating group) is 1. The third-order valence-electron chi connectivity index (χ3n) is 3.99. The molecule has 0 aliphatic heterocycles. The molecule has 0 saturated heterocycles. The third-order valence-corrected chi connectivity index (χ3v) is 3.99. The van der Waals surface area contributed by atoms with Gasteiger partial charge in [-0.2, -0.15) is 0 Å². The van der Waals surface area contributed by atoms with Gasteiger partial charge in [0, 0.05) is 29.7 Å². The van der Waals surface area contributed by atoms with Crippen LogP contribution < -0.4 is 5.32 Å². The van der Waals surface area contributed by atoms with Gasteiger partial charge >= 0.3 is 0 Å². The fourth-order valence-corrected chi connectivity index (χ4v) is 3.11. The molecule has 1 aliphatic carbocycles. The highest BCUT2D eigenvalue weighted by Gasteiger charge is 2.28. The van der Waals surface area contributed by atoms with E-state index in [1.807, 2.05) is 6.20 Å². The Labute approximate surface area is 102 Å². The zero-order valence-corrected chi connectivity index (χ0v) is 10.2. The van der Waals surface area contributed by atoms with E-state index in [1.165, 1.54) is 35.6 Å². The number of rotatable bonds is 2. The number of fused-ring (bicyclic) bond motifs is 1. The maximum Gasteiger partial charge on any atom is 0.0346 e.